The first kappa shape index (κ1) is 24.3. The third-order valence-corrected chi connectivity index (χ3v) is 5.41. The van der Waals surface area contributed by atoms with E-state index in [0.29, 0.717) is 12.1 Å². The number of nitrogens with two attached hydrogens (primary N) is 1. The van der Waals surface area contributed by atoms with Crippen LogP contribution in [0.15, 0.2) is 12.5 Å². The summed E-state index contributed by atoms with van der Waals surface area (Å²) in [5, 5.41) is 9.43. The number of aliphatic carboxylic acids is 1. The molecule has 0 aromatic carbocycles. The number of aromatic nitrogens is 2. The summed E-state index contributed by atoms with van der Waals surface area (Å²) >= 11 is 0. The highest BCUT2D eigenvalue weighted by molar-refractivity contribution is 6.07. The van der Waals surface area contributed by atoms with Crippen LogP contribution in [0.1, 0.15) is 103 Å². The monoisotopic (exact) mass is 393 g/mol. The van der Waals surface area contributed by atoms with Gasteiger partial charge in [-0.25, -0.2) is 9.78 Å². The van der Waals surface area contributed by atoms with Crippen molar-refractivity contribution in [3.05, 3.63) is 18.2 Å². The summed E-state index contributed by atoms with van der Waals surface area (Å²) < 4.78 is 0. The van der Waals surface area contributed by atoms with E-state index in [4.69, 9.17) is 5.73 Å². The molecule has 1 atom stereocenters. The first-order valence-corrected chi connectivity index (χ1v) is 11.0. The lowest BCUT2D eigenvalue weighted by Gasteiger charge is -2.22. The van der Waals surface area contributed by atoms with Gasteiger partial charge in [0.15, 0.2) is 11.3 Å². The SMILES string of the molecule is CCCCCCCCCCCCCCCC(=O)[C@](N)(Cc1cnc[nH]1)C(=O)O. The fraction of sp³-hybridized carbons (Fsp3) is 0.773. The zero-order chi connectivity index (χ0) is 20.7. The quantitative estimate of drug-likeness (QED) is 0.245. The molecule has 0 saturated heterocycles. The van der Waals surface area contributed by atoms with E-state index in [1.54, 1.807) is 0 Å². The number of Topliss-reactive ketones (excluding diaryl/α,β-unsaturated/α-hetero) is 1. The Morgan fingerprint density at radius 1 is 0.964 bits per heavy atom. The van der Waals surface area contributed by atoms with Gasteiger partial charge in [-0.3, -0.25) is 4.79 Å². The average molecular weight is 394 g/mol. The number of hydrogen-bond acceptors (Lipinski definition) is 4. The molecule has 0 saturated carbocycles. The van der Waals surface area contributed by atoms with Gasteiger partial charge in [0.05, 0.1) is 6.33 Å². The van der Waals surface area contributed by atoms with Crippen molar-refractivity contribution in [2.75, 3.05) is 0 Å². The Balaban J connectivity index is 2.08. The molecule has 1 rings (SSSR count). The second-order valence-electron chi connectivity index (χ2n) is 7.95. The van der Waals surface area contributed by atoms with Gasteiger partial charge >= 0.3 is 5.97 Å². The number of nitrogens with zero attached hydrogens (tertiary/aromatic N) is 1. The number of aromatic amines is 1. The number of unbranched alkanes of at least 4 members (excludes halogenated alkanes) is 12. The van der Waals surface area contributed by atoms with Gasteiger partial charge in [-0.05, 0) is 6.42 Å². The molecule has 0 unspecified atom stereocenters. The lowest BCUT2D eigenvalue weighted by molar-refractivity contribution is -0.148. The van der Waals surface area contributed by atoms with E-state index < -0.39 is 17.3 Å². The smallest absolute Gasteiger partial charge is 0.331 e. The van der Waals surface area contributed by atoms with Crippen molar-refractivity contribution < 1.29 is 14.7 Å². The van der Waals surface area contributed by atoms with Gasteiger partial charge in [-0.2, -0.15) is 0 Å². The van der Waals surface area contributed by atoms with E-state index in [1.807, 2.05) is 0 Å². The third-order valence-electron chi connectivity index (χ3n) is 5.41. The predicted octanol–water partition coefficient (Wildman–Crippen LogP) is 4.78. The number of nitrogens with one attached hydrogen (secondary N) is 1. The molecule has 1 heterocycles. The molecule has 0 spiro atoms. The molecule has 0 aliphatic heterocycles. The van der Waals surface area contributed by atoms with Crippen molar-refractivity contribution in [2.24, 2.45) is 5.73 Å². The highest BCUT2D eigenvalue weighted by atomic mass is 16.4. The van der Waals surface area contributed by atoms with Gasteiger partial charge < -0.3 is 15.8 Å². The molecule has 0 bridgehead atoms. The van der Waals surface area contributed by atoms with Crippen molar-refractivity contribution in [1.29, 1.82) is 0 Å². The highest BCUT2D eigenvalue weighted by Gasteiger charge is 2.41. The number of carboxylic acid groups (broad SMARTS) is 1. The van der Waals surface area contributed by atoms with Crippen molar-refractivity contribution in [3.8, 4) is 0 Å². The largest absolute Gasteiger partial charge is 0.480 e. The van der Waals surface area contributed by atoms with Gasteiger partial charge in [-0.15, -0.1) is 0 Å². The minimum atomic E-state index is -1.87. The summed E-state index contributed by atoms with van der Waals surface area (Å²) in [6, 6.07) is 0. The van der Waals surface area contributed by atoms with E-state index in [9.17, 15) is 14.7 Å². The van der Waals surface area contributed by atoms with Crippen LogP contribution in [-0.2, 0) is 16.0 Å². The van der Waals surface area contributed by atoms with E-state index in [2.05, 4.69) is 16.9 Å². The molecule has 28 heavy (non-hydrogen) atoms. The average Bonchev–Trinajstić information content (AvgIpc) is 3.17. The van der Waals surface area contributed by atoms with Gasteiger partial charge in [-0.1, -0.05) is 84.0 Å². The Kier molecular flexibility index (Phi) is 12.5. The number of carbonyl (C=O) groups is 2. The summed E-state index contributed by atoms with van der Waals surface area (Å²) in [4.78, 5) is 30.6. The van der Waals surface area contributed by atoms with E-state index in [1.165, 1.54) is 76.7 Å². The molecule has 0 aliphatic rings. The van der Waals surface area contributed by atoms with E-state index in [0.717, 1.165) is 12.8 Å². The van der Waals surface area contributed by atoms with Gasteiger partial charge in [0, 0.05) is 24.7 Å². The summed E-state index contributed by atoms with van der Waals surface area (Å²) in [5.74, 6) is -1.68. The van der Waals surface area contributed by atoms with Crippen molar-refractivity contribution in [2.45, 2.75) is 109 Å². The molecule has 0 fully saturated rings. The third kappa shape index (κ3) is 9.49. The minimum Gasteiger partial charge on any atom is -0.480 e. The second kappa shape index (κ2) is 14.3. The first-order valence-electron chi connectivity index (χ1n) is 11.0. The van der Waals surface area contributed by atoms with Crippen molar-refractivity contribution >= 4 is 11.8 Å². The first-order chi connectivity index (χ1) is 13.5. The Morgan fingerprint density at radius 3 is 1.89 bits per heavy atom. The Labute approximate surface area is 169 Å². The van der Waals surface area contributed by atoms with Gasteiger partial charge in [0.2, 0.25) is 0 Å². The minimum absolute atomic E-state index is 0.0559. The molecular weight excluding hydrogens is 354 g/mol. The molecular formula is C22H39N3O3. The molecule has 6 nitrogen and oxygen atoms in total. The van der Waals surface area contributed by atoms with Crippen LogP contribution in [0.5, 0.6) is 0 Å². The van der Waals surface area contributed by atoms with Crippen LogP contribution in [-0.4, -0.2) is 32.4 Å². The molecule has 0 aliphatic carbocycles. The number of hydrogen-bond donors (Lipinski definition) is 3. The number of rotatable bonds is 18. The van der Waals surface area contributed by atoms with Crippen molar-refractivity contribution in [1.82, 2.24) is 9.97 Å². The Bertz CT molecular complexity index is 545. The molecule has 1 aromatic heterocycles. The normalized spacial score (nSPS) is 13.4. The summed E-state index contributed by atoms with van der Waals surface area (Å²) in [6.07, 6.45) is 19.0. The van der Waals surface area contributed by atoms with Crippen LogP contribution in [0.3, 0.4) is 0 Å². The topological polar surface area (TPSA) is 109 Å². The molecule has 0 amide bonds. The van der Waals surface area contributed by atoms with Crippen LogP contribution in [0.2, 0.25) is 0 Å². The summed E-state index contributed by atoms with van der Waals surface area (Å²) in [6.45, 7) is 2.25. The fourth-order valence-corrected chi connectivity index (χ4v) is 3.50. The van der Waals surface area contributed by atoms with Crippen molar-refractivity contribution in [3.63, 3.8) is 0 Å². The number of ketones is 1. The lowest BCUT2D eigenvalue weighted by Crippen LogP contribution is -2.56. The highest BCUT2D eigenvalue weighted by Crippen LogP contribution is 2.17. The zero-order valence-corrected chi connectivity index (χ0v) is 17.5. The van der Waals surface area contributed by atoms with Crippen LogP contribution >= 0.6 is 0 Å². The number of carbonyl (C=O) groups excluding carboxylic acids is 1. The molecule has 1 aromatic rings. The van der Waals surface area contributed by atoms with Gasteiger partial charge in [0.1, 0.15) is 0 Å². The molecule has 4 N–H and O–H groups in total. The van der Waals surface area contributed by atoms with Crippen LogP contribution in [0, 0.1) is 0 Å². The summed E-state index contributed by atoms with van der Waals surface area (Å²) in [7, 11) is 0. The standard InChI is InChI=1S/C22H39N3O3/c1-2-3-4-5-6-7-8-9-10-11-12-13-14-15-20(26)22(23,21(27)28)16-19-17-24-18-25-19/h17-18H,2-16,23H2,1H3,(H,24,25)(H,27,28)/t22-/m1/s1. The lowest BCUT2D eigenvalue weighted by atomic mass is 9.87. The maximum absolute atomic E-state index is 12.4. The van der Waals surface area contributed by atoms with E-state index in [-0.39, 0.29) is 12.8 Å². The van der Waals surface area contributed by atoms with E-state index >= 15 is 0 Å². The van der Waals surface area contributed by atoms with Crippen LogP contribution < -0.4 is 5.73 Å². The zero-order valence-electron chi connectivity index (χ0n) is 17.5. The van der Waals surface area contributed by atoms with Crippen LogP contribution in [0.4, 0.5) is 0 Å². The Morgan fingerprint density at radius 2 is 1.46 bits per heavy atom. The molecule has 6 heteroatoms. The molecule has 0 radical (unpaired) electrons. The molecule has 160 valence electrons. The second-order valence-corrected chi connectivity index (χ2v) is 7.95. The predicted molar refractivity (Wildman–Crippen MR) is 112 cm³/mol. The Hall–Kier alpha value is -1.69. The number of imidazole rings is 1. The summed E-state index contributed by atoms with van der Waals surface area (Å²) in [5.41, 5.74) is 4.61. The maximum Gasteiger partial charge on any atom is 0.331 e. The van der Waals surface area contributed by atoms with Gasteiger partial charge in [0.25, 0.3) is 0 Å². The number of carboxylic acids is 1. The maximum atomic E-state index is 12.4. The fourth-order valence-electron chi connectivity index (χ4n) is 3.50. The van der Waals surface area contributed by atoms with Crippen LogP contribution in [0.25, 0.3) is 0 Å². The number of H-pyrrole nitrogens is 1.